The van der Waals surface area contributed by atoms with Gasteiger partial charge in [-0.25, -0.2) is 0 Å². The van der Waals surface area contributed by atoms with E-state index in [1.54, 1.807) is 18.2 Å². The Morgan fingerprint density at radius 3 is 2.66 bits per heavy atom. The number of hydrogen-bond donors (Lipinski definition) is 2. The van der Waals surface area contributed by atoms with Crippen molar-refractivity contribution in [2.45, 2.75) is 18.6 Å². The second kappa shape index (κ2) is 9.05. The lowest BCUT2D eigenvalue weighted by atomic mass is 10.2. The van der Waals surface area contributed by atoms with Gasteiger partial charge in [-0.3, -0.25) is 14.9 Å². The lowest BCUT2D eigenvalue weighted by Crippen LogP contribution is -2.14. The van der Waals surface area contributed by atoms with E-state index in [0.29, 0.717) is 28.8 Å². The van der Waals surface area contributed by atoms with Crippen molar-refractivity contribution >= 4 is 45.0 Å². The molecule has 9 nitrogen and oxygen atoms in total. The molecule has 11 heteroatoms. The van der Waals surface area contributed by atoms with Crippen LogP contribution in [0.2, 0.25) is 0 Å². The largest absolute Gasteiger partial charge is 0.507 e. The molecule has 0 fully saturated rings. The molecule has 0 spiro atoms. The summed E-state index contributed by atoms with van der Waals surface area (Å²) in [5.74, 6) is 0.397. The number of nitrogens with one attached hydrogen (secondary N) is 1. The number of phenolic OH excluding ortho intramolecular Hbond substituents is 1. The number of anilines is 1. The fourth-order valence-corrected chi connectivity index (χ4v) is 3.72. The van der Waals surface area contributed by atoms with Gasteiger partial charge in [0.05, 0.1) is 16.2 Å². The molecule has 1 aromatic heterocycles. The average Bonchev–Trinajstić information content (AvgIpc) is 3.11. The minimum Gasteiger partial charge on any atom is -0.507 e. The van der Waals surface area contributed by atoms with Gasteiger partial charge in [-0.2, -0.15) is 0 Å². The quantitative estimate of drug-likeness (QED) is 0.298. The standard InChI is InChI=1S/C18H16BrN5O4S/c1-2-23-17(14-9-11(19)3-8-15(14)25)21-22-18(23)29-10-16(26)20-12-4-6-13(7-5-12)24(27)28/h3-9,25H,2,10H2,1H3,(H,20,26). The molecule has 0 aliphatic rings. The van der Waals surface area contributed by atoms with Gasteiger partial charge >= 0.3 is 0 Å². The number of non-ortho nitro benzene ring substituents is 1. The molecule has 1 heterocycles. The highest BCUT2D eigenvalue weighted by Crippen LogP contribution is 2.32. The molecule has 0 bridgehead atoms. The van der Waals surface area contributed by atoms with Crippen molar-refractivity contribution in [3.63, 3.8) is 0 Å². The Morgan fingerprint density at radius 2 is 2.00 bits per heavy atom. The molecular weight excluding hydrogens is 462 g/mol. The van der Waals surface area contributed by atoms with Crippen LogP contribution in [-0.2, 0) is 11.3 Å². The topological polar surface area (TPSA) is 123 Å². The van der Waals surface area contributed by atoms with Crippen molar-refractivity contribution in [3.8, 4) is 17.1 Å². The van der Waals surface area contributed by atoms with Crippen LogP contribution in [0, 0.1) is 10.1 Å². The molecular formula is C18H16BrN5O4S. The highest BCUT2D eigenvalue weighted by Gasteiger charge is 2.17. The van der Waals surface area contributed by atoms with Gasteiger partial charge in [-0.15, -0.1) is 10.2 Å². The molecule has 2 aromatic carbocycles. The second-order valence-electron chi connectivity index (χ2n) is 5.85. The number of halogens is 1. The van der Waals surface area contributed by atoms with Gasteiger partial charge in [0.1, 0.15) is 5.75 Å². The molecule has 0 aliphatic carbocycles. The van der Waals surface area contributed by atoms with E-state index in [2.05, 4.69) is 31.4 Å². The van der Waals surface area contributed by atoms with E-state index >= 15 is 0 Å². The Balaban J connectivity index is 1.69. The van der Waals surface area contributed by atoms with Gasteiger partial charge in [0.15, 0.2) is 11.0 Å². The Kier molecular flexibility index (Phi) is 6.49. The fraction of sp³-hybridized carbons (Fsp3) is 0.167. The highest BCUT2D eigenvalue weighted by molar-refractivity contribution is 9.10. The number of carbonyl (C=O) groups excluding carboxylic acids is 1. The van der Waals surface area contributed by atoms with E-state index in [1.807, 2.05) is 11.5 Å². The minimum absolute atomic E-state index is 0.0447. The van der Waals surface area contributed by atoms with Crippen molar-refractivity contribution in [3.05, 3.63) is 57.1 Å². The summed E-state index contributed by atoms with van der Waals surface area (Å²) in [7, 11) is 0. The maximum atomic E-state index is 12.2. The van der Waals surface area contributed by atoms with Crippen LogP contribution in [0.5, 0.6) is 5.75 Å². The number of nitrogens with zero attached hydrogens (tertiary/aromatic N) is 4. The molecule has 1 amide bonds. The summed E-state index contributed by atoms with van der Waals surface area (Å²) in [5, 5.41) is 32.3. The highest BCUT2D eigenvalue weighted by atomic mass is 79.9. The van der Waals surface area contributed by atoms with Gasteiger partial charge in [0.25, 0.3) is 5.69 Å². The first-order valence-electron chi connectivity index (χ1n) is 8.48. The summed E-state index contributed by atoms with van der Waals surface area (Å²) in [6, 6.07) is 10.6. The zero-order valence-corrected chi connectivity index (χ0v) is 17.6. The average molecular weight is 478 g/mol. The molecule has 29 heavy (non-hydrogen) atoms. The van der Waals surface area contributed by atoms with Crippen LogP contribution in [-0.4, -0.2) is 36.5 Å². The van der Waals surface area contributed by atoms with E-state index in [-0.39, 0.29) is 23.1 Å². The fourth-order valence-electron chi connectivity index (χ4n) is 2.56. The Labute approximate surface area is 178 Å². The summed E-state index contributed by atoms with van der Waals surface area (Å²) in [5.41, 5.74) is 0.963. The number of rotatable bonds is 7. The van der Waals surface area contributed by atoms with Gasteiger partial charge in [0.2, 0.25) is 5.91 Å². The number of benzene rings is 2. The first-order valence-corrected chi connectivity index (χ1v) is 10.3. The third kappa shape index (κ3) is 4.93. The van der Waals surface area contributed by atoms with Gasteiger partial charge < -0.3 is 15.0 Å². The molecule has 0 atom stereocenters. The van der Waals surface area contributed by atoms with E-state index < -0.39 is 4.92 Å². The normalized spacial score (nSPS) is 10.7. The summed E-state index contributed by atoms with van der Waals surface area (Å²) in [4.78, 5) is 22.4. The number of amides is 1. The van der Waals surface area contributed by atoms with Gasteiger partial charge in [-0.1, -0.05) is 27.7 Å². The van der Waals surface area contributed by atoms with Crippen LogP contribution in [0.25, 0.3) is 11.4 Å². The van der Waals surface area contributed by atoms with Crippen LogP contribution in [0.3, 0.4) is 0 Å². The lowest BCUT2D eigenvalue weighted by Gasteiger charge is -2.09. The van der Waals surface area contributed by atoms with Crippen LogP contribution in [0.1, 0.15) is 6.92 Å². The molecule has 0 saturated heterocycles. The van der Waals surface area contributed by atoms with Crippen molar-refractivity contribution in [1.29, 1.82) is 0 Å². The number of aromatic hydroxyl groups is 1. The van der Waals surface area contributed by atoms with Gasteiger partial charge in [0, 0.05) is 28.8 Å². The SMILES string of the molecule is CCn1c(SCC(=O)Nc2ccc([N+](=O)[O-])cc2)nnc1-c1cc(Br)ccc1O. The molecule has 150 valence electrons. The predicted octanol–water partition coefficient (Wildman–Crippen LogP) is 4.07. The van der Waals surface area contributed by atoms with E-state index in [4.69, 9.17) is 0 Å². The number of phenols is 1. The zero-order chi connectivity index (χ0) is 21.0. The number of nitro groups is 1. The van der Waals surface area contributed by atoms with E-state index in [9.17, 15) is 20.0 Å². The monoisotopic (exact) mass is 477 g/mol. The molecule has 2 N–H and O–H groups in total. The van der Waals surface area contributed by atoms with Crippen molar-refractivity contribution in [2.24, 2.45) is 0 Å². The lowest BCUT2D eigenvalue weighted by molar-refractivity contribution is -0.384. The van der Waals surface area contributed by atoms with Crippen molar-refractivity contribution < 1.29 is 14.8 Å². The minimum atomic E-state index is -0.500. The Hall–Kier alpha value is -2.92. The van der Waals surface area contributed by atoms with Crippen molar-refractivity contribution in [2.75, 3.05) is 11.1 Å². The van der Waals surface area contributed by atoms with E-state index in [0.717, 1.165) is 4.47 Å². The third-order valence-electron chi connectivity index (χ3n) is 3.93. The van der Waals surface area contributed by atoms with Crippen molar-refractivity contribution in [1.82, 2.24) is 14.8 Å². The first-order chi connectivity index (χ1) is 13.9. The maximum Gasteiger partial charge on any atom is 0.269 e. The summed E-state index contributed by atoms with van der Waals surface area (Å²) in [6.07, 6.45) is 0. The van der Waals surface area contributed by atoms with E-state index in [1.165, 1.54) is 36.0 Å². The van der Waals surface area contributed by atoms with Crippen LogP contribution in [0.4, 0.5) is 11.4 Å². The zero-order valence-electron chi connectivity index (χ0n) is 15.2. The number of carbonyl (C=O) groups is 1. The maximum absolute atomic E-state index is 12.2. The van der Waals surface area contributed by atoms with Crippen LogP contribution < -0.4 is 5.32 Å². The Bertz CT molecular complexity index is 1050. The molecule has 0 unspecified atom stereocenters. The summed E-state index contributed by atoms with van der Waals surface area (Å²) < 4.78 is 2.61. The second-order valence-corrected chi connectivity index (χ2v) is 7.71. The van der Waals surface area contributed by atoms with Crippen LogP contribution in [0.15, 0.2) is 52.1 Å². The first kappa shape index (κ1) is 20.8. The van der Waals surface area contributed by atoms with Gasteiger partial charge in [-0.05, 0) is 37.3 Å². The Morgan fingerprint density at radius 1 is 1.28 bits per heavy atom. The molecule has 3 rings (SSSR count). The summed E-state index contributed by atoms with van der Waals surface area (Å²) in [6.45, 7) is 2.48. The number of aromatic nitrogens is 3. The third-order valence-corrected chi connectivity index (χ3v) is 5.39. The molecule has 0 radical (unpaired) electrons. The summed E-state index contributed by atoms with van der Waals surface area (Å²) >= 11 is 4.58. The smallest absolute Gasteiger partial charge is 0.269 e. The molecule has 0 aliphatic heterocycles. The van der Waals surface area contributed by atoms with Crippen LogP contribution >= 0.6 is 27.7 Å². The molecule has 0 saturated carbocycles. The molecule has 3 aromatic rings. The number of thioether (sulfide) groups is 1. The predicted molar refractivity (Wildman–Crippen MR) is 113 cm³/mol. The number of hydrogen-bond acceptors (Lipinski definition) is 7. The number of nitro benzene ring substituents is 1.